The third-order valence-corrected chi connectivity index (χ3v) is 4.61. The van der Waals surface area contributed by atoms with Gasteiger partial charge in [0.05, 0.1) is 11.8 Å². The smallest absolute Gasteiger partial charge is 0.260 e. The van der Waals surface area contributed by atoms with E-state index in [1.165, 1.54) is 4.90 Å². The molecule has 31 heavy (non-hydrogen) atoms. The first-order chi connectivity index (χ1) is 15.1. The molecule has 2 amide bonds. The van der Waals surface area contributed by atoms with Crippen LogP contribution < -0.4 is 10.5 Å². The predicted molar refractivity (Wildman–Crippen MR) is 113 cm³/mol. The molecule has 156 valence electrons. The van der Waals surface area contributed by atoms with E-state index in [4.69, 9.17) is 15.3 Å². The molecular weight excluding hydrogens is 396 g/mol. The molecule has 0 unspecified atom stereocenters. The number of aromatic nitrogens is 1. The Kier molecular flexibility index (Phi) is 5.89. The summed E-state index contributed by atoms with van der Waals surface area (Å²) >= 11 is 0. The maximum Gasteiger partial charge on any atom is 0.260 e. The summed E-state index contributed by atoms with van der Waals surface area (Å²) in [5, 5.41) is 4.11. The fourth-order valence-corrected chi connectivity index (χ4v) is 3.18. The van der Waals surface area contributed by atoms with Crippen molar-refractivity contribution in [3.8, 4) is 5.75 Å². The largest absolute Gasteiger partial charge is 0.487 e. The number of rotatable bonds is 8. The first-order valence-corrected chi connectivity index (χ1v) is 9.62. The topological polar surface area (TPSA) is 107 Å². The van der Waals surface area contributed by atoms with Gasteiger partial charge in [-0.1, -0.05) is 53.7 Å². The van der Waals surface area contributed by atoms with E-state index in [1.807, 2.05) is 36.4 Å². The van der Waals surface area contributed by atoms with Crippen molar-refractivity contribution in [2.45, 2.75) is 13.2 Å². The van der Waals surface area contributed by atoms with Crippen molar-refractivity contribution >= 4 is 17.6 Å². The summed E-state index contributed by atoms with van der Waals surface area (Å²) in [7, 11) is 0. The molecule has 1 aromatic heterocycles. The highest BCUT2D eigenvalue weighted by Crippen LogP contribution is 2.23. The molecule has 0 atom stereocenters. The molecule has 0 bridgehead atoms. The third kappa shape index (κ3) is 4.69. The van der Waals surface area contributed by atoms with E-state index >= 15 is 0 Å². The van der Waals surface area contributed by atoms with Crippen molar-refractivity contribution < 1.29 is 19.2 Å². The van der Waals surface area contributed by atoms with Crippen LogP contribution in [0.3, 0.4) is 0 Å². The number of ether oxygens (including phenoxy) is 1. The van der Waals surface area contributed by atoms with Crippen molar-refractivity contribution in [1.29, 1.82) is 0 Å². The van der Waals surface area contributed by atoms with Crippen molar-refractivity contribution in [2.75, 3.05) is 6.54 Å². The average molecular weight is 416 g/mol. The van der Waals surface area contributed by atoms with Crippen LogP contribution in [-0.2, 0) is 22.8 Å². The van der Waals surface area contributed by atoms with Gasteiger partial charge in [0.2, 0.25) is 5.91 Å². The number of carbonyl (C=O) groups is 2. The highest BCUT2D eigenvalue weighted by atomic mass is 16.6. The molecule has 0 saturated carbocycles. The lowest BCUT2D eigenvalue weighted by Gasteiger charge is -2.14. The lowest BCUT2D eigenvalue weighted by atomic mass is 10.1. The fraction of sp³-hybridized carbons (Fsp3) is 0.130. The van der Waals surface area contributed by atoms with E-state index < -0.39 is 5.91 Å². The van der Waals surface area contributed by atoms with Gasteiger partial charge in [-0.2, -0.15) is 0 Å². The Balaban J connectivity index is 1.45. The fourth-order valence-electron chi connectivity index (χ4n) is 3.18. The van der Waals surface area contributed by atoms with Crippen molar-refractivity contribution in [3.05, 3.63) is 95.3 Å². The lowest BCUT2D eigenvalue weighted by molar-refractivity contribution is -0.118. The minimum absolute atomic E-state index is 0.111. The second kappa shape index (κ2) is 9.08. The third-order valence-electron chi connectivity index (χ3n) is 4.61. The number of fused-ring (bicyclic) bond motifs is 1. The molecule has 2 heterocycles. The van der Waals surface area contributed by atoms with Gasteiger partial charge in [0.1, 0.15) is 25.5 Å². The van der Waals surface area contributed by atoms with Crippen LogP contribution in [0, 0.1) is 0 Å². The number of oxime groups is 1. The summed E-state index contributed by atoms with van der Waals surface area (Å²) in [5.41, 5.74) is 8.12. The maximum absolute atomic E-state index is 12.6. The summed E-state index contributed by atoms with van der Waals surface area (Å²) in [4.78, 5) is 34.8. The van der Waals surface area contributed by atoms with E-state index in [9.17, 15) is 9.59 Å². The molecule has 1 aliphatic heterocycles. The highest BCUT2D eigenvalue weighted by molar-refractivity contribution is 6.24. The molecule has 0 spiro atoms. The summed E-state index contributed by atoms with van der Waals surface area (Å²) in [6, 6.07) is 18.6. The summed E-state index contributed by atoms with van der Waals surface area (Å²) in [6.45, 7) is 0.260. The van der Waals surface area contributed by atoms with Crippen LogP contribution in [0.15, 0.2) is 78.2 Å². The average Bonchev–Trinajstić information content (AvgIpc) is 3.04. The number of primary amides is 1. The molecule has 0 fully saturated rings. The first kappa shape index (κ1) is 20.1. The van der Waals surface area contributed by atoms with Crippen LogP contribution in [-0.4, -0.2) is 34.1 Å². The van der Waals surface area contributed by atoms with Gasteiger partial charge in [-0.05, 0) is 17.7 Å². The summed E-state index contributed by atoms with van der Waals surface area (Å²) < 4.78 is 5.78. The number of nitrogens with two attached hydrogens (primary N) is 1. The van der Waals surface area contributed by atoms with E-state index in [2.05, 4.69) is 10.1 Å². The van der Waals surface area contributed by atoms with Gasteiger partial charge in [0, 0.05) is 17.3 Å². The van der Waals surface area contributed by atoms with Gasteiger partial charge in [0.25, 0.3) is 5.91 Å². The number of hydrogen-bond donors (Lipinski definition) is 1. The molecule has 0 radical (unpaired) electrons. The Hall–Kier alpha value is -4.20. The molecule has 8 heteroatoms. The maximum atomic E-state index is 12.6. The van der Waals surface area contributed by atoms with E-state index in [0.717, 1.165) is 11.1 Å². The minimum atomic E-state index is -0.638. The van der Waals surface area contributed by atoms with Crippen LogP contribution in [0.5, 0.6) is 5.75 Å². The molecule has 0 aliphatic carbocycles. The Morgan fingerprint density at radius 3 is 2.48 bits per heavy atom. The lowest BCUT2D eigenvalue weighted by Crippen LogP contribution is -2.38. The van der Waals surface area contributed by atoms with Crippen molar-refractivity contribution in [3.63, 3.8) is 0 Å². The molecule has 0 saturated heterocycles. The van der Waals surface area contributed by atoms with Crippen LogP contribution in [0.2, 0.25) is 0 Å². The summed E-state index contributed by atoms with van der Waals surface area (Å²) in [5.74, 6) is -0.116. The number of carbonyl (C=O) groups excluding carboxylic acids is 2. The van der Waals surface area contributed by atoms with E-state index in [-0.39, 0.29) is 24.9 Å². The van der Waals surface area contributed by atoms with E-state index in [1.54, 1.807) is 36.7 Å². The molecule has 4 rings (SSSR count). The number of pyridine rings is 1. The standard InChI is InChI=1S/C23H20N4O4/c24-21(28)13-27-22(19-8-4-5-9-20(19)23(27)29)26-31-15-17-10-18(12-25-11-17)30-14-16-6-2-1-3-7-16/h1-12H,13-15H2,(H2,24,28)/b26-22+. The van der Waals surface area contributed by atoms with Gasteiger partial charge in [0.15, 0.2) is 5.84 Å². The number of hydrogen-bond acceptors (Lipinski definition) is 6. The van der Waals surface area contributed by atoms with Crippen molar-refractivity contribution in [2.24, 2.45) is 10.9 Å². The molecule has 2 aromatic carbocycles. The van der Waals surface area contributed by atoms with Gasteiger partial charge in [-0.25, -0.2) is 0 Å². The quantitative estimate of drug-likeness (QED) is 0.568. The first-order valence-electron chi connectivity index (χ1n) is 9.62. The number of nitrogens with zero attached hydrogens (tertiary/aromatic N) is 3. The highest BCUT2D eigenvalue weighted by Gasteiger charge is 2.34. The normalized spacial score (nSPS) is 13.9. The van der Waals surface area contributed by atoms with Crippen LogP contribution in [0.4, 0.5) is 0 Å². The molecule has 2 N–H and O–H groups in total. The van der Waals surface area contributed by atoms with Crippen LogP contribution in [0.1, 0.15) is 27.0 Å². The number of benzene rings is 2. The molecule has 8 nitrogen and oxygen atoms in total. The van der Waals surface area contributed by atoms with Gasteiger partial charge < -0.3 is 15.3 Å². The Bertz CT molecular complexity index is 1130. The van der Waals surface area contributed by atoms with Gasteiger partial charge >= 0.3 is 0 Å². The second-order valence-corrected chi connectivity index (χ2v) is 6.89. The van der Waals surface area contributed by atoms with Gasteiger partial charge in [-0.15, -0.1) is 0 Å². The minimum Gasteiger partial charge on any atom is -0.487 e. The van der Waals surface area contributed by atoms with E-state index in [0.29, 0.717) is 23.5 Å². The monoisotopic (exact) mass is 416 g/mol. The van der Waals surface area contributed by atoms with Crippen LogP contribution in [0.25, 0.3) is 0 Å². The summed E-state index contributed by atoms with van der Waals surface area (Å²) in [6.07, 6.45) is 3.27. The van der Waals surface area contributed by atoms with Crippen molar-refractivity contribution in [1.82, 2.24) is 9.88 Å². The second-order valence-electron chi connectivity index (χ2n) is 6.89. The zero-order chi connectivity index (χ0) is 21.6. The van der Waals surface area contributed by atoms with Crippen LogP contribution >= 0.6 is 0 Å². The SMILES string of the molecule is NC(=O)CN1C(=O)c2ccccc2/C1=N\OCc1cncc(OCc2ccccc2)c1. The molecule has 1 aliphatic rings. The Morgan fingerprint density at radius 2 is 1.71 bits per heavy atom. The zero-order valence-corrected chi connectivity index (χ0v) is 16.6. The predicted octanol–water partition coefficient (Wildman–Crippen LogP) is 2.48. The number of amidine groups is 1. The zero-order valence-electron chi connectivity index (χ0n) is 16.6. The van der Waals surface area contributed by atoms with Gasteiger partial charge in [-0.3, -0.25) is 19.5 Å². The molecule has 3 aromatic rings. The molecular formula is C23H20N4O4. The Morgan fingerprint density at radius 1 is 0.968 bits per heavy atom. The Labute approximate surface area is 178 Å². The number of amides is 2.